The summed E-state index contributed by atoms with van der Waals surface area (Å²) in [6.07, 6.45) is 0. The first-order valence-corrected chi connectivity index (χ1v) is 7.38. The number of benzene rings is 2. The molecule has 2 aromatic carbocycles. The van der Waals surface area contributed by atoms with E-state index in [1.807, 2.05) is 18.2 Å². The third-order valence-corrected chi connectivity index (χ3v) is 3.44. The highest BCUT2D eigenvalue weighted by Crippen LogP contribution is 2.13. The molecule has 0 spiro atoms. The molecule has 122 valence electrons. The fourth-order valence-electron chi connectivity index (χ4n) is 2.17. The molecule has 0 aliphatic heterocycles. The number of rotatable bonds is 3. The van der Waals surface area contributed by atoms with Crippen molar-refractivity contribution in [3.63, 3.8) is 0 Å². The number of amides is 1. The third kappa shape index (κ3) is 3.30. The first kappa shape index (κ1) is 15.8. The Bertz CT molecular complexity index is 894. The number of carbonyl (C=O) groups is 1. The monoisotopic (exact) mass is 344 g/mol. The number of nitrogens with two attached hydrogens (primary N) is 1. The standard InChI is InChI=1S/C15H13FN6OS/c16-10-5-7-11(8-6-10)22(15(17)24)19-14(23)9-21-13-4-2-1-3-12(13)18-20-21/h1-8H,9H2,(H2,17,24)(H,19,23). The van der Waals surface area contributed by atoms with Crippen molar-refractivity contribution in [2.24, 2.45) is 5.73 Å². The van der Waals surface area contributed by atoms with Crippen molar-refractivity contribution in [2.75, 3.05) is 5.01 Å². The van der Waals surface area contributed by atoms with Crippen LogP contribution in [0.15, 0.2) is 48.5 Å². The number of hydrogen-bond donors (Lipinski definition) is 2. The van der Waals surface area contributed by atoms with Crippen LogP contribution in [-0.4, -0.2) is 26.0 Å². The Morgan fingerprint density at radius 3 is 2.67 bits per heavy atom. The van der Waals surface area contributed by atoms with Crippen molar-refractivity contribution in [1.29, 1.82) is 0 Å². The highest BCUT2D eigenvalue weighted by Gasteiger charge is 2.15. The average molecular weight is 344 g/mol. The Hall–Kier alpha value is -3.07. The molecule has 0 atom stereocenters. The van der Waals surface area contributed by atoms with Crippen LogP contribution in [0.4, 0.5) is 10.1 Å². The lowest BCUT2D eigenvalue weighted by Crippen LogP contribution is -2.50. The Labute approximate surface area is 141 Å². The molecule has 3 rings (SSSR count). The number of anilines is 1. The maximum atomic E-state index is 13.0. The number of thiocarbonyl (C=S) groups is 1. The SMILES string of the molecule is NC(=S)N(NC(=O)Cn1nnc2ccccc21)c1ccc(F)cc1. The van der Waals surface area contributed by atoms with Gasteiger partial charge in [0.2, 0.25) is 0 Å². The molecule has 0 aliphatic rings. The second-order valence-electron chi connectivity index (χ2n) is 4.92. The first-order valence-electron chi connectivity index (χ1n) is 6.97. The van der Waals surface area contributed by atoms with Gasteiger partial charge in [-0.05, 0) is 48.6 Å². The predicted molar refractivity (Wildman–Crippen MR) is 91.3 cm³/mol. The number of nitrogens with one attached hydrogen (secondary N) is 1. The fourth-order valence-corrected chi connectivity index (χ4v) is 2.32. The summed E-state index contributed by atoms with van der Waals surface area (Å²) in [5.41, 5.74) is 10.1. The summed E-state index contributed by atoms with van der Waals surface area (Å²) in [4.78, 5) is 12.3. The van der Waals surface area contributed by atoms with Crippen molar-refractivity contribution in [2.45, 2.75) is 6.54 Å². The van der Waals surface area contributed by atoms with Gasteiger partial charge in [-0.2, -0.15) is 0 Å². The van der Waals surface area contributed by atoms with Gasteiger partial charge in [-0.3, -0.25) is 10.2 Å². The molecule has 0 fully saturated rings. The normalized spacial score (nSPS) is 10.5. The van der Waals surface area contributed by atoms with Crippen LogP contribution in [0, 0.1) is 5.82 Å². The molecule has 0 aliphatic carbocycles. The van der Waals surface area contributed by atoms with Crippen LogP contribution in [0.25, 0.3) is 11.0 Å². The number of carbonyl (C=O) groups excluding carboxylic acids is 1. The van der Waals surface area contributed by atoms with E-state index in [1.54, 1.807) is 6.07 Å². The van der Waals surface area contributed by atoms with Gasteiger partial charge >= 0.3 is 0 Å². The highest BCUT2D eigenvalue weighted by atomic mass is 32.1. The van der Waals surface area contributed by atoms with Gasteiger partial charge < -0.3 is 5.73 Å². The van der Waals surface area contributed by atoms with Crippen molar-refractivity contribution in [3.05, 3.63) is 54.3 Å². The number of hydrazine groups is 1. The molecule has 0 radical (unpaired) electrons. The number of fused-ring (bicyclic) bond motifs is 1. The van der Waals surface area contributed by atoms with Crippen LogP contribution in [0.1, 0.15) is 0 Å². The molecule has 0 bridgehead atoms. The summed E-state index contributed by atoms with van der Waals surface area (Å²) in [5.74, 6) is -0.801. The molecule has 3 aromatic rings. The zero-order valence-electron chi connectivity index (χ0n) is 12.4. The van der Waals surface area contributed by atoms with Crippen molar-refractivity contribution in [3.8, 4) is 0 Å². The topological polar surface area (TPSA) is 89.1 Å². The zero-order valence-corrected chi connectivity index (χ0v) is 13.2. The third-order valence-electron chi connectivity index (χ3n) is 3.26. The van der Waals surface area contributed by atoms with Gasteiger partial charge in [0.05, 0.1) is 11.2 Å². The molecule has 1 heterocycles. The summed E-state index contributed by atoms with van der Waals surface area (Å²) in [7, 11) is 0. The second kappa shape index (κ2) is 6.59. The highest BCUT2D eigenvalue weighted by molar-refractivity contribution is 7.80. The lowest BCUT2D eigenvalue weighted by molar-refractivity contribution is -0.121. The number of nitrogens with zero attached hydrogens (tertiary/aromatic N) is 4. The zero-order chi connectivity index (χ0) is 17.1. The molecule has 1 amide bonds. The van der Waals surface area contributed by atoms with E-state index in [1.165, 1.54) is 34.0 Å². The minimum atomic E-state index is -0.401. The molecule has 3 N–H and O–H groups in total. The molecule has 7 nitrogen and oxygen atoms in total. The Kier molecular flexibility index (Phi) is 4.34. The summed E-state index contributed by atoms with van der Waals surface area (Å²) in [6.45, 7) is -0.0686. The minimum Gasteiger partial charge on any atom is -0.374 e. The number of halogens is 1. The van der Waals surface area contributed by atoms with E-state index in [0.717, 1.165) is 5.52 Å². The number of para-hydroxylation sites is 1. The molecular formula is C15H13FN6OS. The lowest BCUT2D eigenvalue weighted by Gasteiger charge is -2.23. The number of aromatic nitrogens is 3. The predicted octanol–water partition coefficient (Wildman–Crippen LogP) is 1.35. The van der Waals surface area contributed by atoms with E-state index in [0.29, 0.717) is 11.2 Å². The van der Waals surface area contributed by atoms with Crippen LogP contribution in [0.3, 0.4) is 0 Å². The molecule has 1 aromatic heterocycles. The van der Waals surface area contributed by atoms with Gasteiger partial charge in [0.15, 0.2) is 5.11 Å². The summed E-state index contributed by atoms with van der Waals surface area (Å²) >= 11 is 4.94. The van der Waals surface area contributed by atoms with Crippen LogP contribution in [-0.2, 0) is 11.3 Å². The van der Waals surface area contributed by atoms with Crippen LogP contribution >= 0.6 is 12.2 Å². The summed E-state index contributed by atoms with van der Waals surface area (Å²) in [6, 6.07) is 12.7. The van der Waals surface area contributed by atoms with Gasteiger partial charge in [0.1, 0.15) is 17.9 Å². The largest absolute Gasteiger partial charge is 0.374 e. The summed E-state index contributed by atoms with van der Waals surface area (Å²) in [5, 5.41) is 9.06. The average Bonchev–Trinajstić information content (AvgIpc) is 2.96. The van der Waals surface area contributed by atoms with Gasteiger partial charge in [0.25, 0.3) is 5.91 Å². The molecule has 24 heavy (non-hydrogen) atoms. The smallest absolute Gasteiger partial charge is 0.260 e. The fraction of sp³-hybridized carbons (Fsp3) is 0.0667. The van der Waals surface area contributed by atoms with Crippen LogP contribution in [0.2, 0.25) is 0 Å². The van der Waals surface area contributed by atoms with E-state index < -0.39 is 11.7 Å². The van der Waals surface area contributed by atoms with Crippen LogP contribution in [0.5, 0.6) is 0 Å². The van der Waals surface area contributed by atoms with Crippen molar-refractivity contribution in [1.82, 2.24) is 20.4 Å². The van der Waals surface area contributed by atoms with Crippen LogP contribution < -0.4 is 16.2 Å². The molecular weight excluding hydrogens is 331 g/mol. The molecule has 0 saturated heterocycles. The van der Waals surface area contributed by atoms with E-state index in [9.17, 15) is 9.18 Å². The lowest BCUT2D eigenvalue weighted by atomic mass is 10.3. The van der Waals surface area contributed by atoms with Crippen molar-refractivity contribution < 1.29 is 9.18 Å². The Balaban J connectivity index is 1.76. The van der Waals surface area contributed by atoms with Gasteiger partial charge in [-0.25, -0.2) is 14.1 Å². The number of hydrogen-bond acceptors (Lipinski definition) is 4. The van der Waals surface area contributed by atoms with Crippen molar-refractivity contribution >= 4 is 40.0 Å². The minimum absolute atomic E-state index is 0.0686. The van der Waals surface area contributed by atoms with E-state index in [4.69, 9.17) is 18.0 Å². The second-order valence-corrected chi connectivity index (χ2v) is 5.34. The maximum Gasteiger partial charge on any atom is 0.260 e. The van der Waals surface area contributed by atoms with E-state index in [2.05, 4.69) is 15.7 Å². The molecule has 9 heteroatoms. The van der Waals surface area contributed by atoms with Gasteiger partial charge in [-0.1, -0.05) is 17.3 Å². The molecule has 0 saturated carbocycles. The van der Waals surface area contributed by atoms with E-state index in [-0.39, 0.29) is 11.7 Å². The quantitative estimate of drug-likeness (QED) is 0.551. The van der Waals surface area contributed by atoms with Gasteiger partial charge in [0, 0.05) is 0 Å². The Morgan fingerprint density at radius 2 is 1.96 bits per heavy atom. The first-order chi connectivity index (χ1) is 11.5. The summed E-state index contributed by atoms with van der Waals surface area (Å²) < 4.78 is 14.5. The molecule has 0 unspecified atom stereocenters. The van der Waals surface area contributed by atoms with Gasteiger partial charge in [-0.15, -0.1) is 5.10 Å². The Morgan fingerprint density at radius 1 is 1.25 bits per heavy atom. The maximum absolute atomic E-state index is 13.0. The van der Waals surface area contributed by atoms with E-state index >= 15 is 0 Å².